The van der Waals surface area contributed by atoms with Gasteiger partial charge in [-0.15, -0.1) is 0 Å². The van der Waals surface area contributed by atoms with Crippen molar-refractivity contribution in [2.45, 2.75) is 10.8 Å². The van der Waals surface area contributed by atoms with Crippen molar-refractivity contribution in [3.05, 3.63) is 354 Å². The van der Waals surface area contributed by atoms with Crippen LogP contribution in [0.2, 0.25) is 0 Å². The summed E-state index contributed by atoms with van der Waals surface area (Å²) in [5.41, 5.74) is 24.7. The van der Waals surface area contributed by atoms with Crippen LogP contribution in [-0.2, 0) is 10.8 Å². The second kappa shape index (κ2) is 18.2. The van der Waals surface area contributed by atoms with Crippen molar-refractivity contribution in [2.24, 2.45) is 0 Å². The molecule has 0 atom stereocenters. The first-order valence-electron chi connectivity index (χ1n) is 26.1. The summed E-state index contributed by atoms with van der Waals surface area (Å²) < 4.78 is 0. The zero-order chi connectivity index (χ0) is 49.8. The van der Waals surface area contributed by atoms with Crippen molar-refractivity contribution < 1.29 is 0 Å². The average molecular weight is 954 g/mol. The third-order valence-corrected chi connectivity index (χ3v) is 16.0. The first kappa shape index (κ1) is 44.2. The number of rotatable bonds is 10. The molecule has 12 aromatic carbocycles. The minimum absolute atomic E-state index is 0.451. The van der Waals surface area contributed by atoms with E-state index in [9.17, 15) is 0 Å². The van der Waals surface area contributed by atoms with Gasteiger partial charge in [-0.05, 0) is 137 Å². The van der Waals surface area contributed by atoms with Crippen molar-refractivity contribution in [2.75, 3.05) is 4.90 Å². The molecule has 75 heavy (non-hydrogen) atoms. The largest absolute Gasteiger partial charge is 0.310 e. The molecule has 1 heteroatoms. The molecule has 0 bridgehead atoms. The number of benzene rings is 12. The summed E-state index contributed by atoms with van der Waals surface area (Å²) in [4.78, 5) is 2.45. The predicted octanol–water partition coefficient (Wildman–Crippen LogP) is 18.9. The monoisotopic (exact) mass is 953 g/mol. The summed E-state index contributed by atoms with van der Waals surface area (Å²) >= 11 is 0. The summed E-state index contributed by atoms with van der Waals surface area (Å²) in [5, 5.41) is 0. The fourth-order valence-electron chi connectivity index (χ4n) is 12.9. The number of nitrogens with zero attached hydrogens (tertiary/aromatic N) is 1. The van der Waals surface area contributed by atoms with Crippen molar-refractivity contribution in [1.82, 2.24) is 0 Å². The van der Waals surface area contributed by atoms with Gasteiger partial charge in [-0.25, -0.2) is 0 Å². The van der Waals surface area contributed by atoms with Gasteiger partial charge in [0.2, 0.25) is 0 Å². The van der Waals surface area contributed by atoms with Crippen LogP contribution in [0.3, 0.4) is 0 Å². The molecular weight excluding hydrogens is 903 g/mol. The molecule has 0 N–H and O–H groups in total. The Morgan fingerprint density at radius 2 is 0.520 bits per heavy atom. The molecule has 0 unspecified atom stereocenters. The van der Waals surface area contributed by atoms with E-state index < -0.39 is 10.8 Å². The van der Waals surface area contributed by atoms with Gasteiger partial charge < -0.3 is 4.90 Å². The van der Waals surface area contributed by atoms with Gasteiger partial charge in [-0.1, -0.05) is 267 Å². The van der Waals surface area contributed by atoms with E-state index in [-0.39, 0.29) is 0 Å². The average Bonchev–Trinajstić information content (AvgIpc) is 4.11. The van der Waals surface area contributed by atoms with Crippen molar-refractivity contribution in [1.29, 1.82) is 0 Å². The Morgan fingerprint density at radius 1 is 0.200 bits per heavy atom. The highest BCUT2D eigenvalue weighted by Crippen LogP contribution is 2.58. The van der Waals surface area contributed by atoms with Crippen molar-refractivity contribution in [3.8, 4) is 55.6 Å². The van der Waals surface area contributed by atoms with Gasteiger partial charge in [-0.3, -0.25) is 0 Å². The predicted molar refractivity (Wildman–Crippen MR) is 312 cm³/mol. The molecule has 0 spiro atoms. The second-order valence-corrected chi connectivity index (χ2v) is 19.9. The van der Waals surface area contributed by atoms with Crippen LogP contribution in [0.1, 0.15) is 44.5 Å². The highest BCUT2D eigenvalue weighted by molar-refractivity contribution is 5.94. The minimum Gasteiger partial charge on any atom is -0.310 e. The molecule has 0 amide bonds. The lowest BCUT2D eigenvalue weighted by molar-refractivity contribution is 0.768. The Kier molecular flexibility index (Phi) is 10.7. The Bertz CT molecular complexity index is 3740. The summed E-state index contributed by atoms with van der Waals surface area (Å²) in [6.07, 6.45) is 0. The normalized spacial score (nSPS) is 13.3. The van der Waals surface area contributed by atoms with Gasteiger partial charge in [0.05, 0.1) is 16.5 Å². The number of hydrogen-bond acceptors (Lipinski definition) is 1. The lowest BCUT2D eigenvalue weighted by Crippen LogP contribution is -2.28. The molecule has 12 aromatic rings. The number of para-hydroxylation sites is 1. The number of hydrogen-bond donors (Lipinski definition) is 0. The fourth-order valence-corrected chi connectivity index (χ4v) is 12.9. The van der Waals surface area contributed by atoms with E-state index in [0.29, 0.717) is 0 Å². The van der Waals surface area contributed by atoms with Crippen LogP contribution in [0.25, 0.3) is 55.6 Å². The quantitative estimate of drug-likeness (QED) is 0.132. The summed E-state index contributed by atoms with van der Waals surface area (Å²) in [5.74, 6) is 0. The molecule has 1 nitrogen and oxygen atoms in total. The van der Waals surface area contributed by atoms with Gasteiger partial charge >= 0.3 is 0 Å². The first-order chi connectivity index (χ1) is 37.2. The smallest absolute Gasteiger partial charge is 0.0713 e. The molecule has 14 rings (SSSR count). The summed E-state index contributed by atoms with van der Waals surface area (Å²) in [6.45, 7) is 0. The van der Waals surface area contributed by atoms with Crippen LogP contribution in [0.5, 0.6) is 0 Å². The Labute approximate surface area is 440 Å². The van der Waals surface area contributed by atoms with Crippen molar-refractivity contribution in [3.63, 3.8) is 0 Å². The molecule has 0 saturated carbocycles. The maximum absolute atomic E-state index is 2.45. The van der Waals surface area contributed by atoms with Gasteiger partial charge in [0.15, 0.2) is 0 Å². The van der Waals surface area contributed by atoms with E-state index in [1.807, 2.05) is 0 Å². The van der Waals surface area contributed by atoms with Crippen LogP contribution in [0.4, 0.5) is 17.1 Å². The number of anilines is 3. The Balaban J connectivity index is 0.918. The van der Waals surface area contributed by atoms with Crippen LogP contribution in [-0.4, -0.2) is 0 Å². The van der Waals surface area contributed by atoms with Gasteiger partial charge in [-0.2, -0.15) is 0 Å². The van der Waals surface area contributed by atoms with Gasteiger partial charge in [0.1, 0.15) is 0 Å². The lowest BCUT2D eigenvalue weighted by atomic mass is 9.67. The molecule has 2 aliphatic carbocycles. The van der Waals surface area contributed by atoms with E-state index >= 15 is 0 Å². The van der Waals surface area contributed by atoms with Crippen molar-refractivity contribution >= 4 is 17.1 Å². The molecule has 0 aliphatic heterocycles. The van der Waals surface area contributed by atoms with Crippen LogP contribution >= 0.6 is 0 Å². The van der Waals surface area contributed by atoms with E-state index in [2.05, 4.69) is 314 Å². The SMILES string of the molecule is c1ccc(-c2ccccc2N(c2cccc(-c3ccc4c(c3)-c3ccccc3C4(c3ccccc3)c3ccccc3)c2)c2cccc(-c3ccc4c(c3)-c3ccccc3C4(c3ccccc3)c3ccccc3)c2)cc1. The van der Waals surface area contributed by atoms with Crippen LogP contribution < -0.4 is 4.90 Å². The Morgan fingerprint density at radius 3 is 0.947 bits per heavy atom. The molecule has 0 aromatic heterocycles. The lowest BCUT2D eigenvalue weighted by Gasteiger charge is -2.34. The van der Waals surface area contributed by atoms with Crippen LogP contribution in [0.15, 0.2) is 309 Å². The number of fused-ring (bicyclic) bond motifs is 6. The third-order valence-electron chi connectivity index (χ3n) is 16.0. The van der Waals surface area contributed by atoms with E-state index in [4.69, 9.17) is 0 Å². The molecule has 0 fully saturated rings. The molecule has 0 radical (unpaired) electrons. The molecule has 0 heterocycles. The molecular formula is C74H51N. The van der Waals surface area contributed by atoms with E-state index in [1.54, 1.807) is 0 Å². The van der Waals surface area contributed by atoms with E-state index in [0.717, 1.165) is 33.8 Å². The summed E-state index contributed by atoms with van der Waals surface area (Å²) in [6, 6.07) is 114. The molecule has 352 valence electrons. The molecule has 2 aliphatic rings. The summed E-state index contributed by atoms with van der Waals surface area (Å²) in [7, 11) is 0. The second-order valence-electron chi connectivity index (χ2n) is 19.9. The maximum Gasteiger partial charge on any atom is 0.0713 e. The van der Waals surface area contributed by atoms with Gasteiger partial charge in [0.25, 0.3) is 0 Å². The highest BCUT2D eigenvalue weighted by atomic mass is 15.1. The van der Waals surface area contributed by atoms with Crippen LogP contribution in [0, 0.1) is 0 Å². The van der Waals surface area contributed by atoms with E-state index in [1.165, 1.54) is 83.5 Å². The minimum atomic E-state index is -0.451. The zero-order valence-electron chi connectivity index (χ0n) is 41.4. The third kappa shape index (κ3) is 7.00. The topological polar surface area (TPSA) is 3.24 Å². The standard InChI is InChI=1S/C74H51N/c1-6-24-52(25-7-1)63-38-18-21-43-72(63)75(61-36-22-26-53(48-61)55-44-46-70-66(50-55)64-39-16-19-41-68(64)73(70,57-28-8-2-9-29-57)58-30-10-3-11-31-58)62-37-23-27-54(49-62)56-45-47-71-67(51-56)65-40-17-20-42-69(65)74(71,59-32-12-4-13-33-59)60-34-14-5-15-35-60/h1-51H. The molecule has 0 saturated heterocycles. The highest BCUT2D eigenvalue weighted by Gasteiger charge is 2.47. The van der Waals surface area contributed by atoms with Gasteiger partial charge in [0, 0.05) is 16.9 Å². The maximum atomic E-state index is 2.45. The zero-order valence-corrected chi connectivity index (χ0v) is 41.4. The Hall–Kier alpha value is -9.56. The first-order valence-corrected chi connectivity index (χ1v) is 26.1. The fraction of sp³-hybridized carbons (Fsp3) is 0.0270.